The van der Waals surface area contributed by atoms with Gasteiger partial charge in [-0.3, -0.25) is 0 Å². The average Bonchev–Trinajstić information content (AvgIpc) is 2.14. The monoisotopic (exact) mass is 268 g/mol. The second-order valence-electron chi connectivity index (χ2n) is 3.18. The Morgan fingerprint density at radius 3 is 2.47 bits per heavy atom. The van der Waals surface area contributed by atoms with Crippen LogP contribution in [0.25, 0.3) is 0 Å². The van der Waals surface area contributed by atoms with Gasteiger partial charge in [-0.25, -0.2) is 8.42 Å². The van der Waals surface area contributed by atoms with Crippen LogP contribution in [0.5, 0.6) is 0 Å². The number of hydrogen-bond donors (Lipinski definition) is 1. The fraction of sp³-hybridized carbons (Fsp3) is 0.333. The van der Waals surface area contributed by atoms with E-state index in [1.807, 2.05) is 0 Å². The quantitative estimate of drug-likeness (QED) is 0.854. The van der Waals surface area contributed by atoms with Gasteiger partial charge >= 0.3 is 0 Å². The Hall–Kier alpha value is -0.290. The van der Waals surface area contributed by atoms with Gasteiger partial charge < -0.3 is 5.11 Å². The number of hydrogen-bond acceptors (Lipinski definition) is 3. The summed E-state index contributed by atoms with van der Waals surface area (Å²) in [4.78, 5) is 0. The molecule has 0 radical (unpaired) electrons. The highest BCUT2D eigenvalue weighted by Gasteiger charge is 2.27. The Labute approximate surface area is 98.6 Å². The lowest BCUT2D eigenvalue weighted by atomic mass is 10.1. The van der Waals surface area contributed by atoms with E-state index >= 15 is 0 Å². The number of aliphatic hydroxyl groups excluding tert-OH is 1. The SMILES string of the molecule is CS(=O)(=O)C(Cl)C(O)c1cccc(Cl)c1. The van der Waals surface area contributed by atoms with Gasteiger partial charge in [-0.05, 0) is 17.7 Å². The summed E-state index contributed by atoms with van der Waals surface area (Å²) in [5, 5.41) is 10.1. The molecule has 3 nitrogen and oxygen atoms in total. The van der Waals surface area contributed by atoms with Crippen LogP contribution in [0.3, 0.4) is 0 Å². The van der Waals surface area contributed by atoms with Crippen LogP contribution < -0.4 is 0 Å². The molecule has 1 N–H and O–H groups in total. The van der Waals surface area contributed by atoms with E-state index in [4.69, 9.17) is 23.2 Å². The molecule has 1 rings (SSSR count). The van der Waals surface area contributed by atoms with Crippen LogP contribution in [0.1, 0.15) is 11.7 Å². The smallest absolute Gasteiger partial charge is 0.167 e. The second kappa shape index (κ2) is 4.70. The molecule has 0 saturated heterocycles. The molecule has 0 amide bonds. The maximum atomic E-state index is 11.1. The van der Waals surface area contributed by atoms with Crippen molar-refractivity contribution >= 4 is 33.0 Å². The second-order valence-corrected chi connectivity index (χ2v) is 6.51. The van der Waals surface area contributed by atoms with E-state index in [9.17, 15) is 13.5 Å². The third-order valence-corrected chi connectivity index (χ3v) is 4.37. The maximum absolute atomic E-state index is 11.1. The fourth-order valence-corrected chi connectivity index (χ4v) is 2.05. The maximum Gasteiger partial charge on any atom is 0.167 e. The lowest BCUT2D eigenvalue weighted by Crippen LogP contribution is -2.21. The molecule has 0 spiro atoms. The number of alkyl halides is 1. The molecule has 0 aromatic heterocycles. The molecule has 2 unspecified atom stereocenters. The fourth-order valence-electron chi connectivity index (χ4n) is 1.08. The summed E-state index contributed by atoms with van der Waals surface area (Å²) in [7, 11) is -3.49. The van der Waals surface area contributed by atoms with Gasteiger partial charge in [-0.15, -0.1) is 11.6 Å². The molecule has 0 aliphatic heterocycles. The zero-order valence-electron chi connectivity index (χ0n) is 7.89. The topological polar surface area (TPSA) is 54.4 Å². The largest absolute Gasteiger partial charge is 0.386 e. The Kier molecular flexibility index (Phi) is 4.00. The summed E-state index contributed by atoms with van der Waals surface area (Å²) in [5.41, 5.74) is 0.382. The van der Waals surface area contributed by atoms with E-state index in [-0.39, 0.29) is 0 Å². The predicted octanol–water partition coefficient (Wildman–Crippen LogP) is 1.98. The summed E-state index contributed by atoms with van der Waals surface area (Å²) >= 11 is 11.3. The normalized spacial score (nSPS) is 16.0. The Balaban J connectivity index is 3.00. The highest BCUT2D eigenvalue weighted by molar-refractivity contribution is 7.92. The molecule has 0 heterocycles. The summed E-state index contributed by atoms with van der Waals surface area (Å²) in [5.74, 6) is 0. The molecule has 15 heavy (non-hydrogen) atoms. The lowest BCUT2D eigenvalue weighted by molar-refractivity contribution is 0.192. The minimum absolute atomic E-state index is 0.382. The van der Waals surface area contributed by atoms with Gasteiger partial charge in [0.1, 0.15) is 6.10 Å². The van der Waals surface area contributed by atoms with Crippen molar-refractivity contribution in [2.24, 2.45) is 0 Å². The minimum Gasteiger partial charge on any atom is -0.386 e. The van der Waals surface area contributed by atoms with Crippen molar-refractivity contribution in [1.82, 2.24) is 0 Å². The first kappa shape index (κ1) is 12.8. The summed E-state index contributed by atoms with van der Waals surface area (Å²) in [6.07, 6.45) is -0.307. The molecule has 1 aromatic carbocycles. The molecule has 2 atom stereocenters. The van der Waals surface area contributed by atoms with Crippen molar-refractivity contribution in [3.8, 4) is 0 Å². The van der Waals surface area contributed by atoms with Crippen molar-refractivity contribution in [1.29, 1.82) is 0 Å². The van der Waals surface area contributed by atoms with Crippen LogP contribution >= 0.6 is 23.2 Å². The van der Waals surface area contributed by atoms with Crippen LogP contribution in [0.15, 0.2) is 24.3 Å². The molecule has 6 heteroatoms. The third-order valence-electron chi connectivity index (χ3n) is 1.85. The molecule has 0 aliphatic rings. The van der Waals surface area contributed by atoms with E-state index in [0.717, 1.165) is 6.26 Å². The summed E-state index contributed by atoms with van der Waals surface area (Å²) in [6.45, 7) is 0. The molecular formula is C9H10Cl2O3S. The summed E-state index contributed by atoms with van der Waals surface area (Å²) in [6, 6.07) is 6.29. The number of halogens is 2. The van der Waals surface area contributed by atoms with Crippen molar-refractivity contribution in [2.45, 2.75) is 10.8 Å². The van der Waals surface area contributed by atoms with E-state index in [2.05, 4.69) is 0 Å². The van der Waals surface area contributed by atoms with Crippen molar-refractivity contribution in [3.63, 3.8) is 0 Å². The van der Waals surface area contributed by atoms with Crippen LogP contribution in [-0.4, -0.2) is 24.5 Å². The highest BCUT2D eigenvalue weighted by atomic mass is 35.5. The highest BCUT2D eigenvalue weighted by Crippen LogP contribution is 2.26. The number of sulfone groups is 1. The molecular weight excluding hydrogens is 259 g/mol. The number of aliphatic hydroxyl groups is 1. The summed E-state index contributed by atoms with van der Waals surface area (Å²) < 4.78 is 20.8. The van der Waals surface area contributed by atoms with E-state index in [1.54, 1.807) is 18.2 Å². The Morgan fingerprint density at radius 1 is 1.40 bits per heavy atom. The molecule has 0 saturated carbocycles. The molecule has 1 aromatic rings. The van der Waals surface area contributed by atoms with Crippen LogP contribution in [0.2, 0.25) is 5.02 Å². The first-order chi connectivity index (χ1) is 6.82. The molecule has 0 aliphatic carbocycles. The zero-order chi connectivity index (χ0) is 11.6. The number of benzene rings is 1. The Bertz CT molecular complexity index is 444. The van der Waals surface area contributed by atoms with Gasteiger partial charge in [0.05, 0.1) is 0 Å². The number of rotatable bonds is 3. The van der Waals surface area contributed by atoms with Gasteiger partial charge in [0.2, 0.25) is 0 Å². The van der Waals surface area contributed by atoms with Crippen molar-refractivity contribution in [2.75, 3.05) is 6.26 Å². The minimum atomic E-state index is -3.49. The Morgan fingerprint density at radius 2 is 2.00 bits per heavy atom. The van der Waals surface area contributed by atoms with E-state index in [1.165, 1.54) is 6.07 Å². The van der Waals surface area contributed by atoms with Gasteiger partial charge in [-0.2, -0.15) is 0 Å². The van der Waals surface area contributed by atoms with E-state index < -0.39 is 20.7 Å². The van der Waals surface area contributed by atoms with Crippen molar-refractivity contribution < 1.29 is 13.5 Å². The van der Waals surface area contributed by atoms with Crippen LogP contribution in [0, 0.1) is 0 Å². The molecule has 0 bridgehead atoms. The van der Waals surface area contributed by atoms with Crippen molar-refractivity contribution in [3.05, 3.63) is 34.9 Å². The first-order valence-corrected chi connectivity index (χ1v) is 6.86. The third kappa shape index (κ3) is 3.34. The van der Waals surface area contributed by atoms with Gasteiger partial charge in [-0.1, -0.05) is 23.7 Å². The standard InChI is InChI=1S/C9H10Cl2O3S/c1-15(13,14)9(11)8(12)6-3-2-4-7(10)5-6/h2-5,8-9,12H,1H3. The van der Waals surface area contributed by atoms with Crippen LogP contribution in [-0.2, 0) is 9.84 Å². The first-order valence-electron chi connectivity index (χ1n) is 4.09. The molecule has 84 valence electrons. The molecule has 0 fully saturated rings. The van der Waals surface area contributed by atoms with Gasteiger partial charge in [0.15, 0.2) is 14.5 Å². The lowest BCUT2D eigenvalue weighted by Gasteiger charge is -2.15. The average molecular weight is 269 g/mol. The zero-order valence-corrected chi connectivity index (χ0v) is 10.2. The van der Waals surface area contributed by atoms with Gasteiger partial charge in [0.25, 0.3) is 0 Å². The predicted molar refractivity (Wildman–Crippen MR) is 60.9 cm³/mol. The van der Waals surface area contributed by atoms with Crippen LogP contribution in [0.4, 0.5) is 0 Å². The van der Waals surface area contributed by atoms with Gasteiger partial charge in [0, 0.05) is 11.3 Å². The van der Waals surface area contributed by atoms with E-state index in [0.29, 0.717) is 10.6 Å².